The molecule has 3 heteroatoms. The van der Waals surface area contributed by atoms with Crippen molar-refractivity contribution in [1.82, 2.24) is 15.2 Å². The molecule has 1 fully saturated rings. The van der Waals surface area contributed by atoms with Crippen LogP contribution in [0.1, 0.15) is 51.9 Å². The molecule has 0 saturated carbocycles. The lowest BCUT2D eigenvalue weighted by atomic mass is 10.0. The lowest BCUT2D eigenvalue weighted by Gasteiger charge is -2.27. The van der Waals surface area contributed by atoms with Gasteiger partial charge in [-0.1, -0.05) is 33.8 Å². The highest BCUT2D eigenvalue weighted by atomic mass is 15.2. The Hall–Kier alpha value is -0.930. The summed E-state index contributed by atoms with van der Waals surface area (Å²) in [5.74, 6) is 1.42. The highest BCUT2D eigenvalue weighted by Gasteiger charge is 2.27. The van der Waals surface area contributed by atoms with E-state index in [1.807, 2.05) is 0 Å². The summed E-state index contributed by atoms with van der Waals surface area (Å²) in [4.78, 5) is 7.43. The number of pyridine rings is 1. The summed E-state index contributed by atoms with van der Waals surface area (Å²) in [6.45, 7) is 13.3. The lowest BCUT2D eigenvalue weighted by Crippen LogP contribution is -2.33. The minimum absolute atomic E-state index is 0.685. The molecule has 0 radical (unpaired) electrons. The third-order valence-electron chi connectivity index (χ3n) is 4.27. The van der Waals surface area contributed by atoms with E-state index in [2.05, 4.69) is 56.1 Å². The summed E-state index contributed by atoms with van der Waals surface area (Å²) in [6, 6.07) is 7.17. The Bertz CT molecular complexity index is 428. The predicted octanol–water partition coefficient (Wildman–Crippen LogP) is 3.45. The first-order chi connectivity index (χ1) is 10.1. The van der Waals surface area contributed by atoms with Crippen molar-refractivity contribution < 1.29 is 0 Å². The summed E-state index contributed by atoms with van der Waals surface area (Å²) in [5.41, 5.74) is 2.37. The average molecular weight is 289 g/mol. The molecule has 1 aromatic heterocycles. The Labute approximate surface area is 130 Å². The minimum atomic E-state index is 0.685. The van der Waals surface area contributed by atoms with E-state index in [1.54, 1.807) is 0 Å². The van der Waals surface area contributed by atoms with Crippen LogP contribution < -0.4 is 5.32 Å². The van der Waals surface area contributed by atoms with Crippen molar-refractivity contribution in [2.75, 3.05) is 13.1 Å². The fourth-order valence-corrected chi connectivity index (χ4v) is 3.22. The minimum Gasteiger partial charge on any atom is -0.311 e. The normalized spacial score (nSPS) is 19.8. The maximum absolute atomic E-state index is 4.82. The Morgan fingerprint density at radius 2 is 2.00 bits per heavy atom. The maximum Gasteiger partial charge on any atom is 0.0547 e. The molecule has 1 aliphatic rings. The Morgan fingerprint density at radius 3 is 2.71 bits per heavy atom. The molecule has 0 spiro atoms. The van der Waals surface area contributed by atoms with Crippen LogP contribution in [0.3, 0.4) is 0 Å². The second kappa shape index (κ2) is 7.90. The molecule has 0 bridgehead atoms. The molecular formula is C18H31N3. The van der Waals surface area contributed by atoms with E-state index < -0.39 is 0 Å². The van der Waals surface area contributed by atoms with Gasteiger partial charge in [-0.25, -0.2) is 0 Å². The average Bonchev–Trinajstić information content (AvgIpc) is 2.87. The van der Waals surface area contributed by atoms with Gasteiger partial charge in [0.2, 0.25) is 0 Å². The Morgan fingerprint density at radius 1 is 1.24 bits per heavy atom. The zero-order valence-corrected chi connectivity index (χ0v) is 14.1. The fourth-order valence-electron chi connectivity index (χ4n) is 3.22. The smallest absolute Gasteiger partial charge is 0.0547 e. The summed E-state index contributed by atoms with van der Waals surface area (Å²) in [6.07, 6.45) is 2.67. The van der Waals surface area contributed by atoms with Gasteiger partial charge in [-0.2, -0.15) is 0 Å². The van der Waals surface area contributed by atoms with Crippen LogP contribution in [0.25, 0.3) is 0 Å². The first kappa shape index (κ1) is 16.4. The molecule has 118 valence electrons. The highest BCUT2D eigenvalue weighted by Crippen LogP contribution is 2.25. The molecule has 1 aromatic rings. The van der Waals surface area contributed by atoms with Gasteiger partial charge in [0.25, 0.3) is 0 Å². The van der Waals surface area contributed by atoms with Gasteiger partial charge in [0, 0.05) is 19.1 Å². The molecule has 1 atom stereocenters. The fraction of sp³-hybridized carbons (Fsp3) is 0.722. The number of likely N-dealkylation sites (tertiary alicyclic amines) is 1. The number of rotatable bonds is 7. The monoisotopic (exact) mass is 289 g/mol. The van der Waals surface area contributed by atoms with Crippen molar-refractivity contribution in [3.05, 3.63) is 29.6 Å². The molecule has 1 N–H and O–H groups in total. The summed E-state index contributed by atoms with van der Waals surface area (Å²) >= 11 is 0. The molecule has 1 unspecified atom stereocenters. The van der Waals surface area contributed by atoms with Crippen LogP contribution in [-0.4, -0.2) is 29.0 Å². The SMILES string of the molecule is CC(C)CNCc1cccc(CN2CCCC2C(C)C)n1. The molecule has 0 aromatic carbocycles. The van der Waals surface area contributed by atoms with Crippen LogP contribution in [0.2, 0.25) is 0 Å². The third kappa shape index (κ3) is 5.08. The number of hydrogen-bond donors (Lipinski definition) is 1. The Balaban J connectivity index is 1.91. The van der Waals surface area contributed by atoms with Gasteiger partial charge in [-0.05, 0) is 49.9 Å². The largest absolute Gasteiger partial charge is 0.311 e. The van der Waals surface area contributed by atoms with Crippen molar-refractivity contribution >= 4 is 0 Å². The van der Waals surface area contributed by atoms with Crippen LogP contribution in [-0.2, 0) is 13.1 Å². The lowest BCUT2D eigenvalue weighted by molar-refractivity contribution is 0.196. The Kier molecular flexibility index (Phi) is 6.19. The van der Waals surface area contributed by atoms with Crippen LogP contribution in [0.4, 0.5) is 0 Å². The van der Waals surface area contributed by atoms with E-state index >= 15 is 0 Å². The van der Waals surface area contributed by atoms with E-state index in [1.165, 1.54) is 25.1 Å². The van der Waals surface area contributed by atoms with Crippen LogP contribution >= 0.6 is 0 Å². The molecule has 0 amide bonds. The molecule has 2 heterocycles. The molecule has 2 rings (SSSR count). The van der Waals surface area contributed by atoms with Crippen LogP contribution in [0, 0.1) is 11.8 Å². The van der Waals surface area contributed by atoms with E-state index in [0.717, 1.165) is 37.3 Å². The number of nitrogens with one attached hydrogen (secondary N) is 1. The van der Waals surface area contributed by atoms with Gasteiger partial charge in [0.15, 0.2) is 0 Å². The summed E-state index contributed by atoms with van der Waals surface area (Å²) < 4.78 is 0. The van der Waals surface area contributed by atoms with Crippen LogP contribution in [0.15, 0.2) is 18.2 Å². The van der Waals surface area contributed by atoms with Gasteiger partial charge in [-0.15, -0.1) is 0 Å². The van der Waals surface area contributed by atoms with Gasteiger partial charge in [0.1, 0.15) is 0 Å². The van der Waals surface area contributed by atoms with E-state index in [4.69, 9.17) is 4.98 Å². The second-order valence-electron chi connectivity index (χ2n) is 7.07. The highest BCUT2D eigenvalue weighted by molar-refractivity contribution is 5.11. The standard InChI is InChI=1S/C18H31N3/c1-14(2)11-19-12-16-7-5-8-17(20-16)13-21-10-6-9-18(21)15(3)4/h5,7-8,14-15,18-19H,6,9-13H2,1-4H3. The zero-order chi connectivity index (χ0) is 15.2. The number of aromatic nitrogens is 1. The molecular weight excluding hydrogens is 258 g/mol. The van der Waals surface area contributed by atoms with Crippen molar-refractivity contribution in [3.63, 3.8) is 0 Å². The van der Waals surface area contributed by atoms with Gasteiger partial charge in [-0.3, -0.25) is 9.88 Å². The van der Waals surface area contributed by atoms with Gasteiger partial charge >= 0.3 is 0 Å². The molecule has 0 aliphatic carbocycles. The van der Waals surface area contributed by atoms with Crippen molar-refractivity contribution in [3.8, 4) is 0 Å². The first-order valence-electron chi connectivity index (χ1n) is 8.46. The number of hydrogen-bond acceptors (Lipinski definition) is 3. The second-order valence-corrected chi connectivity index (χ2v) is 7.07. The molecule has 3 nitrogen and oxygen atoms in total. The van der Waals surface area contributed by atoms with E-state index in [9.17, 15) is 0 Å². The molecule has 1 saturated heterocycles. The topological polar surface area (TPSA) is 28.2 Å². The van der Waals surface area contributed by atoms with E-state index in [0.29, 0.717) is 5.92 Å². The van der Waals surface area contributed by atoms with Crippen molar-refractivity contribution in [1.29, 1.82) is 0 Å². The quantitative estimate of drug-likeness (QED) is 0.833. The van der Waals surface area contributed by atoms with Gasteiger partial charge < -0.3 is 5.32 Å². The zero-order valence-electron chi connectivity index (χ0n) is 14.1. The van der Waals surface area contributed by atoms with E-state index in [-0.39, 0.29) is 0 Å². The third-order valence-corrected chi connectivity index (χ3v) is 4.27. The number of nitrogens with zero attached hydrogens (tertiary/aromatic N) is 2. The summed E-state index contributed by atoms with van der Waals surface area (Å²) in [5, 5.41) is 3.47. The van der Waals surface area contributed by atoms with Crippen molar-refractivity contribution in [2.45, 2.75) is 59.7 Å². The van der Waals surface area contributed by atoms with Gasteiger partial charge in [0.05, 0.1) is 11.4 Å². The summed E-state index contributed by atoms with van der Waals surface area (Å²) in [7, 11) is 0. The maximum atomic E-state index is 4.82. The predicted molar refractivity (Wildman–Crippen MR) is 89.1 cm³/mol. The molecule has 1 aliphatic heterocycles. The van der Waals surface area contributed by atoms with Crippen molar-refractivity contribution in [2.24, 2.45) is 11.8 Å². The molecule has 21 heavy (non-hydrogen) atoms. The first-order valence-corrected chi connectivity index (χ1v) is 8.46. The van der Waals surface area contributed by atoms with Crippen LogP contribution in [0.5, 0.6) is 0 Å².